The summed E-state index contributed by atoms with van der Waals surface area (Å²) in [5, 5.41) is 11.5. The van der Waals surface area contributed by atoms with Crippen LogP contribution >= 0.6 is 23.1 Å². The van der Waals surface area contributed by atoms with E-state index in [0.29, 0.717) is 4.88 Å². The predicted molar refractivity (Wildman–Crippen MR) is 81.0 cm³/mol. The predicted octanol–water partition coefficient (Wildman–Crippen LogP) is 3.28. The number of hydrogen-bond acceptors (Lipinski definition) is 5. The minimum atomic E-state index is -4.80. The Kier molecular flexibility index (Phi) is 5.54. The molecule has 1 rings (SSSR count). The summed E-state index contributed by atoms with van der Waals surface area (Å²) in [6.07, 6.45) is -4.80. The van der Waals surface area contributed by atoms with Gasteiger partial charge in [-0.3, -0.25) is 4.79 Å². The van der Waals surface area contributed by atoms with E-state index in [1.54, 1.807) is 19.1 Å². The van der Waals surface area contributed by atoms with Crippen LogP contribution in [0, 0.1) is 11.3 Å². The molecule has 0 aliphatic rings. The van der Waals surface area contributed by atoms with E-state index in [4.69, 9.17) is 11.0 Å². The Hall–Kier alpha value is -1.66. The SMILES string of the molecule is C=C(N[C@@H](C)c1ccc(C#N)s1)SC(C)(C(N)=O)C(F)(F)F. The van der Waals surface area contributed by atoms with Crippen LogP contribution in [-0.2, 0) is 4.79 Å². The first-order valence-electron chi connectivity index (χ1n) is 6.02. The van der Waals surface area contributed by atoms with Crippen LogP contribution in [0.4, 0.5) is 13.2 Å². The Morgan fingerprint density at radius 2 is 2.14 bits per heavy atom. The van der Waals surface area contributed by atoms with Gasteiger partial charge in [-0.1, -0.05) is 18.3 Å². The van der Waals surface area contributed by atoms with E-state index in [2.05, 4.69) is 11.9 Å². The highest BCUT2D eigenvalue weighted by atomic mass is 32.2. The molecule has 0 aliphatic carbocycles. The van der Waals surface area contributed by atoms with Crippen molar-refractivity contribution < 1.29 is 18.0 Å². The van der Waals surface area contributed by atoms with Crippen LogP contribution in [-0.4, -0.2) is 16.8 Å². The van der Waals surface area contributed by atoms with Gasteiger partial charge in [0.15, 0.2) is 4.75 Å². The molecule has 1 aromatic rings. The summed E-state index contributed by atoms with van der Waals surface area (Å²) in [7, 11) is 0. The van der Waals surface area contributed by atoms with Crippen LogP contribution in [0.15, 0.2) is 23.7 Å². The summed E-state index contributed by atoms with van der Waals surface area (Å²) in [5.74, 6) is -1.48. The normalized spacial score (nSPS) is 15.5. The first kappa shape index (κ1) is 18.4. The first-order chi connectivity index (χ1) is 10.0. The topological polar surface area (TPSA) is 78.9 Å². The zero-order valence-electron chi connectivity index (χ0n) is 11.8. The minimum absolute atomic E-state index is 0.0296. The van der Waals surface area contributed by atoms with Gasteiger partial charge in [-0.2, -0.15) is 18.4 Å². The molecule has 0 saturated heterocycles. The fraction of sp³-hybridized carbons (Fsp3) is 0.385. The van der Waals surface area contributed by atoms with Crippen molar-refractivity contribution in [3.8, 4) is 6.07 Å². The smallest absolute Gasteiger partial charge is 0.373 e. The van der Waals surface area contributed by atoms with Crippen molar-refractivity contribution in [1.29, 1.82) is 5.26 Å². The van der Waals surface area contributed by atoms with E-state index in [-0.39, 0.29) is 22.8 Å². The van der Waals surface area contributed by atoms with Crippen molar-refractivity contribution in [1.82, 2.24) is 5.32 Å². The monoisotopic (exact) mass is 349 g/mol. The molecule has 0 aliphatic heterocycles. The number of carbonyl (C=O) groups is 1. The number of thioether (sulfide) groups is 1. The lowest BCUT2D eigenvalue weighted by Crippen LogP contribution is -2.50. The highest BCUT2D eigenvalue weighted by Crippen LogP contribution is 2.44. The van der Waals surface area contributed by atoms with Crippen molar-refractivity contribution in [2.45, 2.75) is 30.8 Å². The van der Waals surface area contributed by atoms with E-state index >= 15 is 0 Å². The summed E-state index contributed by atoms with van der Waals surface area (Å²) in [5.41, 5.74) is 4.89. The van der Waals surface area contributed by atoms with Gasteiger partial charge < -0.3 is 11.1 Å². The summed E-state index contributed by atoms with van der Waals surface area (Å²) in [6, 6.07) is 4.96. The van der Waals surface area contributed by atoms with Crippen LogP contribution < -0.4 is 11.1 Å². The zero-order valence-corrected chi connectivity index (χ0v) is 13.5. The summed E-state index contributed by atoms with van der Waals surface area (Å²) in [4.78, 5) is 12.4. The number of primary amides is 1. The fourth-order valence-corrected chi connectivity index (χ4v) is 3.23. The minimum Gasteiger partial charge on any atom is -0.373 e. The molecule has 0 saturated carbocycles. The standard InChI is InChI=1S/C13H14F3N3OS2/c1-7(10-5-4-9(6-17)21-10)19-8(2)22-12(3,11(18)20)13(14,15)16/h4-5,7,19H,2H2,1,3H3,(H2,18,20)/t7-,12?/m0/s1. The summed E-state index contributed by atoms with van der Waals surface area (Å²) >= 11 is 1.46. The molecule has 120 valence electrons. The van der Waals surface area contributed by atoms with Gasteiger partial charge in [0.2, 0.25) is 5.91 Å². The molecule has 0 bridgehead atoms. The molecule has 3 N–H and O–H groups in total. The van der Waals surface area contributed by atoms with Crippen molar-refractivity contribution in [3.05, 3.63) is 33.5 Å². The summed E-state index contributed by atoms with van der Waals surface area (Å²) < 4.78 is 36.2. The second-order valence-corrected chi connectivity index (χ2v) is 7.23. The number of halogens is 3. The van der Waals surface area contributed by atoms with Gasteiger partial charge in [0.1, 0.15) is 10.9 Å². The van der Waals surface area contributed by atoms with Crippen LogP contribution in [0.5, 0.6) is 0 Å². The molecule has 1 amide bonds. The third-order valence-electron chi connectivity index (χ3n) is 2.88. The number of nitriles is 1. The molecular weight excluding hydrogens is 335 g/mol. The number of rotatable bonds is 6. The van der Waals surface area contributed by atoms with Crippen LogP contribution in [0.1, 0.15) is 29.6 Å². The highest BCUT2D eigenvalue weighted by Gasteiger charge is 2.57. The average molecular weight is 349 g/mol. The Morgan fingerprint density at radius 1 is 1.55 bits per heavy atom. The Bertz CT molecular complexity index is 621. The summed E-state index contributed by atoms with van der Waals surface area (Å²) in [6.45, 7) is 5.95. The molecule has 4 nitrogen and oxygen atoms in total. The molecule has 22 heavy (non-hydrogen) atoms. The molecule has 0 spiro atoms. The molecule has 1 heterocycles. The van der Waals surface area contributed by atoms with Crippen LogP contribution in [0.25, 0.3) is 0 Å². The molecule has 1 aromatic heterocycles. The second kappa shape index (κ2) is 6.62. The number of alkyl halides is 3. The maximum absolute atomic E-state index is 13.0. The number of hydrogen-bond donors (Lipinski definition) is 2. The molecule has 2 atom stereocenters. The molecular formula is C13H14F3N3OS2. The van der Waals surface area contributed by atoms with Crippen molar-refractivity contribution in [2.75, 3.05) is 0 Å². The van der Waals surface area contributed by atoms with Crippen LogP contribution in [0.2, 0.25) is 0 Å². The van der Waals surface area contributed by atoms with Gasteiger partial charge in [0, 0.05) is 4.88 Å². The Labute approximate surface area is 134 Å². The van der Waals surface area contributed by atoms with Crippen molar-refractivity contribution in [3.63, 3.8) is 0 Å². The van der Waals surface area contributed by atoms with E-state index in [1.165, 1.54) is 11.3 Å². The average Bonchev–Trinajstić information content (AvgIpc) is 2.85. The van der Waals surface area contributed by atoms with Gasteiger partial charge in [0.05, 0.1) is 11.1 Å². The lowest BCUT2D eigenvalue weighted by Gasteiger charge is -2.29. The number of nitrogens with one attached hydrogen (secondary N) is 1. The van der Waals surface area contributed by atoms with Gasteiger partial charge in [-0.25, -0.2) is 0 Å². The molecule has 9 heteroatoms. The second-order valence-electron chi connectivity index (χ2n) is 4.60. The van der Waals surface area contributed by atoms with Crippen molar-refractivity contribution >= 4 is 29.0 Å². The molecule has 1 unspecified atom stereocenters. The highest BCUT2D eigenvalue weighted by molar-refractivity contribution is 8.05. The third kappa shape index (κ3) is 3.96. The van der Waals surface area contributed by atoms with E-state index in [1.807, 2.05) is 6.07 Å². The molecule has 0 fully saturated rings. The maximum Gasteiger partial charge on any atom is 0.412 e. The molecule has 0 aromatic carbocycles. The number of carbonyl (C=O) groups excluding carboxylic acids is 1. The Balaban J connectivity index is 2.80. The lowest BCUT2D eigenvalue weighted by atomic mass is 10.1. The van der Waals surface area contributed by atoms with Gasteiger partial charge >= 0.3 is 6.18 Å². The third-order valence-corrected chi connectivity index (χ3v) is 5.26. The fourth-order valence-electron chi connectivity index (χ4n) is 1.48. The lowest BCUT2D eigenvalue weighted by molar-refractivity contribution is -0.166. The largest absolute Gasteiger partial charge is 0.412 e. The van der Waals surface area contributed by atoms with Gasteiger partial charge in [-0.05, 0) is 26.0 Å². The number of nitrogens with two attached hydrogens (primary N) is 1. The Morgan fingerprint density at radius 3 is 2.55 bits per heavy atom. The number of thiophene rings is 1. The van der Waals surface area contributed by atoms with E-state index < -0.39 is 16.8 Å². The van der Waals surface area contributed by atoms with Crippen molar-refractivity contribution in [2.24, 2.45) is 5.73 Å². The quantitative estimate of drug-likeness (QED) is 0.826. The molecule has 0 radical (unpaired) electrons. The number of amides is 1. The zero-order chi connectivity index (χ0) is 17.1. The van der Waals surface area contributed by atoms with Gasteiger partial charge in [-0.15, -0.1) is 11.3 Å². The van der Waals surface area contributed by atoms with E-state index in [9.17, 15) is 18.0 Å². The van der Waals surface area contributed by atoms with Gasteiger partial charge in [0.25, 0.3) is 0 Å². The maximum atomic E-state index is 13.0. The number of nitrogens with zero attached hydrogens (tertiary/aromatic N) is 1. The van der Waals surface area contributed by atoms with Crippen LogP contribution in [0.3, 0.4) is 0 Å². The first-order valence-corrected chi connectivity index (χ1v) is 7.65. The van der Waals surface area contributed by atoms with E-state index in [0.717, 1.165) is 11.8 Å².